The van der Waals surface area contributed by atoms with Gasteiger partial charge in [-0.3, -0.25) is 0 Å². The maximum atomic E-state index is 6.41. The number of hydrogen-bond acceptors (Lipinski definition) is 1. The molecule has 0 radical (unpaired) electrons. The van der Waals surface area contributed by atoms with Crippen molar-refractivity contribution in [3.8, 4) is 11.1 Å². The van der Waals surface area contributed by atoms with Gasteiger partial charge in [0.15, 0.2) is 0 Å². The molecule has 3 rings (SSSR count). The van der Waals surface area contributed by atoms with Gasteiger partial charge in [0, 0.05) is 15.6 Å². The van der Waals surface area contributed by atoms with Crippen molar-refractivity contribution in [1.82, 2.24) is 0 Å². The van der Waals surface area contributed by atoms with Gasteiger partial charge in [-0.1, -0.05) is 108 Å². The van der Waals surface area contributed by atoms with Gasteiger partial charge in [-0.25, -0.2) is 0 Å². The number of rotatable bonds is 14. The predicted molar refractivity (Wildman–Crippen MR) is 159 cm³/mol. The van der Waals surface area contributed by atoms with Gasteiger partial charge in [0.2, 0.25) is 0 Å². The van der Waals surface area contributed by atoms with Crippen molar-refractivity contribution in [3.63, 3.8) is 0 Å². The van der Waals surface area contributed by atoms with E-state index >= 15 is 0 Å². The Morgan fingerprint density at radius 3 is 1.66 bits per heavy atom. The highest BCUT2D eigenvalue weighted by Crippen LogP contribution is 2.55. The lowest BCUT2D eigenvalue weighted by molar-refractivity contribution is 0.327. The topological polar surface area (TPSA) is 26.0 Å². The van der Waals surface area contributed by atoms with Crippen molar-refractivity contribution >= 4 is 21.6 Å². The maximum absolute atomic E-state index is 6.41. The monoisotopic (exact) mass is 539 g/mol. The third kappa shape index (κ3) is 7.37. The van der Waals surface area contributed by atoms with Crippen molar-refractivity contribution in [2.45, 2.75) is 111 Å². The normalized spacial score (nSPS) is 15.9. The largest absolute Gasteiger partial charge is 0.399 e. The quantitative estimate of drug-likeness (QED) is 0.237. The van der Waals surface area contributed by atoms with Gasteiger partial charge < -0.3 is 5.73 Å². The minimum atomic E-state index is 0.0719. The van der Waals surface area contributed by atoms with Crippen LogP contribution in [-0.2, 0) is 5.41 Å². The number of nitrogen functional groups attached to an aromatic ring is 1. The molecule has 2 N–H and O–H groups in total. The molecule has 2 aromatic rings. The molecule has 0 aliphatic heterocycles. The number of anilines is 1. The Balaban J connectivity index is 1.88. The summed E-state index contributed by atoms with van der Waals surface area (Å²) in [6.07, 6.45) is 13.1. The van der Waals surface area contributed by atoms with E-state index in [0.29, 0.717) is 0 Å². The molecule has 0 bridgehead atoms. The summed E-state index contributed by atoms with van der Waals surface area (Å²) in [5.41, 5.74) is 13.2. The average Bonchev–Trinajstić information content (AvgIpc) is 3.04. The Hall–Kier alpha value is -1.28. The molecule has 194 valence electrons. The lowest BCUT2D eigenvalue weighted by Crippen LogP contribution is -2.27. The van der Waals surface area contributed by atoms with Gasteiger partial charge in [0.05, 0.1) is 0 Å². The van der Waals surface area contributed by atoms with E-state index < -0.39 is 0 Å². The van der Waals surface area contributed by atoms with E-state index in [4.69, 9.17) is 5.73 Å². The van der Waals surface area contributed by atoms with Gasteiger partial charge >= 0.3 is 0 Å². The molecule has 35 heavy (non-hydrogen) atoms. The van der Waals surface area contributed by atoms with E-state index in [2.05, 4.69) is 93.9 Å². The first-order valence-electron chi connectivity index (χ1n) is 14.3. The average molecular weight is 541 g/mol. The minimum absolute atomic E-state index is 0.0719. The Kier molecular flexibility index (Phi) is 10.3. The zero-order valence-electron chi connectivity index (χ0n) is 23.3. The molecule has 0 heterocycles. The third-order valence-electron chi connectivity index (χ3n) is 8.43. The Morgan fingerprint density at radius 2 is 1.14 bits per heavy atom. The van der Waals surface area contributed by atoms with Crippen LogP contribution in [-0.4, -0.2) is 0 Å². The SMILES string of the molecule is CC(C)CCC[C@H](C)CCC1(CC[C@@H](C)CCCC(C)C)c2cc(N)ccc2-c2ccc(Br)cc21. The minimum Gasteiger partial charge on any atom is -0.399 e. The highest BCUT2D eigenvalue weighted by atomic mass is 79.9. The first-order chi connectivity index (χ1) is 16.6. The van der Waals surface area contributed by atoms with E-state index in [1.807, 2.05) is 0 Å². The van der Waals surface area contributed by atoms with Crippen molar-refractivity contribution in [2.24, 2.45) is 23.7 Å². The van der Waals surface area contributed by atoms with Crippen molar-refractivity contribution < 1.29 is 0 Å². The molecule has 0 spiro atoms. The summed E-state index contributed by atoms with van der Waals surface area (Å²) in [6.45, 7) is 14.3. The van der Waals surface area contributed by atoms with Crippen LogP contribution >= 0.6 is 15.9 Å². The zero-order chi connectivity index (χ0) is 25.6. The zero-order valence-corrected chi connectivity index (χ0v) is 24.9. The molecule has 2 aromatic carbocycles. The molecule has 2 heteroatoms. The first kappa shape index (κ1) is 28.3. The van der Waals surface area contributed by atoms with Crippen LogP contribution in [0.15, 0.2) is 40.9 Å². The second kappa shape index (κ2) is 12.8. The summed E-state index contributed by atoms with van der Waals surface area (Å²) in [6, 6.07) is 13.6. The van der Waals surface area contributed by atoms with Crippen LogP contribution in [0.2, 0.25) is 0 Å². The molecule has 0 saturated carbocycles. The van der Waals surface area contributed by atoms with Crippen LogP contribution in [0, 0.1) is 23.7 Å². The third-order valence-corrected chi connectivity index (χ3v) is 8.92. The molecule has 0 saturated heterocycles. The second-order valence-electron chi connectivity index (χ2n) is 12.5. The van der Waals surface area contributed by atoms with Crippen LogP contribution in [0.5, 0.6) is 0 Å². The van der Waals surface area contributed by atoms with Gasteiger partial charge in [0.1, 0.15) is 0 Å². The smallest absolute Gasteiger partial charge is 0.0317 e. The summed E-state index contributed by atoms with van der Waals surface area (Å²) in [5, 5.41) is 0. The van der Waals surface area contributed by atoms with Crippen LogP contribution in [0.1, 0.15) is 117 Å². The molecule has 0 fully saturated rings. The summed E-state index contributed by atoms with van der Waals surface area (Å²) >= 11 is 3.81. The lowest BCUT2D eigenvalue weighted by Gasteiger charge is -2.35. The summed E-state index contributed by atoms with van der Waals surface area (Å²) < 4.78 is 1.19. The fraction of sp³-hybridized carbons (Fsp3) is 0.636. The maximum Gasteiger partial charge on any atom is 0.0317 e. The van der Waals surface area contributed by atoms with Crippen molar-refractivity contribution in [1.29, 1.82) is 0 Å². The summed E-state index contributed by atoms with van der Waals surface area (Å²) in [5.74, 6) is 3.13. The Morgan fingerprint density at radius 1 is 0.657 bits per heavy atom. The van der Waals surface area contributed by atoms with Gasteiger partial charge in [-0.05, 0) is 95.9 Å². The van der Waals surface area contributed by atoms with E-state index in [9.17, 15) is 0 Å². The van der Waals surface area contributed by atoms with Crippen LogP contribution in [0.25, 0.3) is 11.1 Å². The van der Waals surface area contributed by atoms with Crippen LogP contribution in [0.4, 0.5) is 5.69 Å². The number of halogens is 1. The predicted octanol–water partition coefficient (Wildman–Crippen LogP) is 10.8. The summed E-state index contributed by atoms with van der Waals surface area (Å²) in [4.78, 5) is 0. The van der Waals surface area contributed by atoms with Crippen LogP contribution in [0.3, 0.4) is 0 Å². The first-order valence-corrected chi connectivity index (χ1v) is 15.1. The highest BCUT2D eigenvalue weighted by Gasteiger charge is 2.43. The Labute approximate surface area is 224 Å². The Bertz CT molecular complexity index is 867. The second-order valence-corrected chi connectivity index (χ2v) is 13.4. The molecular formula is C33H50BrN. The lowest BCUT2D eigenvalue weighted by atomic mass is 9.69. The highest BCUT2D eigenvalue weighted by molar-refractivity contribution is 9.10. The number of nitrogens with two attached hydrogens (primary N) is 1. The number of hydrogen-bond donors (Lipinski definition) is 1. The van der Waals surface area contributed by atoms with E-state index in [-0.39, 0.29) is 5.41 Å². The molecule has 1 aliphatic rings. The molecule has 0 unspecified atom stereocenters. The number of fused-ring (bicyclic) bond motifs is 3. The molecule has 0 amide bonds. The van der Waals surface area contributed by atoms with Crippen LogP contribution < -0.4 is 5.73 Å². The van der Waals surface area contributed by atoms with Gasteiger partial charge in [-0.2, -0.15) is 0 Å². The molecule has 1 aliphatic carbocycles. The van der Waals surface area contributed by atoms with Gasteiger partial charge in [0.25, 0.3) is 0 Å². The van der Waals surface area contributed by atoms with E-state index in [1.54, 1.807) is 0 Å². The van der Waals surface area contributed by atoms with Crippen molar-refractivity contribution in [2.75, 3.05) is 5.73 Å². The number of benzene rings is 2. The molecule has 0 aromatic heterocycles. The molecule has 1 nitrogen and oxygen atoms in total. The standard InChI is InChI=1S/C33H50BrN/c1-23(2)9-7-11-25(5)17-19-33(20-18-26(6)12-8-10-24(3)4)31-21-27(34)13-15-29(31)30-16-14-28(35)22-32(30)33/h13-16,21-26H,7-12,17-20,35H2,1-6H3/t25-,26-/m0/s1. The van der Waals surface area contributed by atoms with E-state index in [1.165, 1.54) is 90.9 Å². The van der Waals surface area contributed by atoms with Gasteiger partial charge in [-0.15, -0.1) is 0 Å². The van der Waals surface area contributed by atoms with E-state index in [0.717, 1.165) is 29.4 Å². The molecule has 2 atom stereocenters. The fourth-order valence-corrected chi connectivity index (χ4v) is 6.53. The fourth-order valence-electron chi connectivity index (χ4n) is 6.17. The summed E-state index contributed by atoms with van der Waals surface area (Å²) in [7, 11) is 0. The van der Waals surface area contributed by atoms with Crippen molar-refractivity contribution in [3.05, 3.63) is 52.0 Å². The molecular weight excluding hydrogens is 490 g/mol.